The third-order valence-electron chi connectivity index (χ3n) is 2.87. The zero-order chi connectivity index (χ0) is 13.5. The van der Waals surface area contributed by atoms with Gasteiger partial charge in [0.1, 0.15) is 0 Å². The second kappa shape index (κ2) is 7.28. The average molecular weight is 279 g/mol. The van der Waals surface area contributed by atoms with E-state index in [1.54, 1.807) is 6.20 Å². The summed E-state index contributed by atoms with van der Waals surface area (Å²) in [5.74, 6) is 0. The lowest BCUT2D eigenvalue weighted by Gasteiger charge is -2.19. The number of piperazine rings is 1. The number of hydrogen-bond acceptors (Lipinski definition) is 3. The van der Waals surface area contributed by atoms with Crippen LogP contribution in [0.5, 0.6) is 0 Å². The Morgan fingerprint density at radius 1 is 1.26 bits per heavy atom. The van der Waals surface area contributed by atoms with Gasteiger partial charge in [0.15, 0.2) is 5.15 Å². The van der Waals surface area contributed by atoms with Crippen molar-refractivity contribution in [3.63, 3.8) is 0 Å². The largest absolute Gasteiger partial charge is 0.321 e. The monoisotopic (exact) mass is 278 g/mol. The zero-order valence-corrected chi connectivity index (χ0v) is 11.8. The number of pyridine rings is 1. The first-order valence-electron chi connectivity index (χ1n) is 6.45. The molecule has 1 fully saturated rings. The first-order chi connectivity index (χ1) is 9.27. The number of aromatic nitrogens is 2. The fraction of sp³-hybridized carbons (Fsp3) is 0.357. The topological polar surface area (TPSA) is 41.9 Å². The normalized spacial score (nSPS) is 18.5. The summed E-state index contributed by atoms with van der Waals surface area (Å²) in [6.07, 6.45) is 5.54. The fourth-order valence-corrected chi connectivity index (χ4v) is 2.08. The Hall–Kier alpha value is -1.36. The van der Waals surface area contributed by atoms with Crippen molar-refractivity contribution < 1.29 is 0 Å². The van der Waals surface area contributed by atoms with Crippen molar-refractivity contribution in [3.05, 3.63) is 48.0 Å². The molecule has 3 heterocycles. The molecular weight excluding hydrogens is 260 g/mol. The van der Waals surface area contributed by atoms with E-state index in [0.717, 1.165) is 25.3 Å². The summed E-state index contributed by atoms with van der Waals surface area (Å²) >= 11 is 5.88. The van der Waals surface area contributed by atoms with Crippen LogP contribution >= 0.6 is 11.6 Å². The Kier molecular flexibility index (Phi) is 5.39. The van der Waals surface area contributed by atoms with Gasteiger partial charge in [0.05, 0.1) is 5.69 Å². The summed E-state index contributed by atoms with van der Waals surface area (Å²) in [6.45, 7) is 5.57. The molecule has 0 spiro atoms. The Morgan fingerprint density at radius 2 is 2.05 bits per heavy atom. The summed E-state index contributed by atoms with van der Waals surface area (Å²) < 4.78 is 1.93. The van der Waals surface area contributed by atoms with Crippen LogP contribution in [0.4, 0.5) is 0 Å². The molecule has 4 nitrogen and oxygen atoms in total. The van der Waals surface area contributed by atoms with Gasteiger partial charge in [-0.2, -0.15) is 0 Å². The number of halogens is 1. The van der Waals surface area contributed by atoms with Crippen LogP contribution in [0.1, 0.15) is 6.92 Å². The number of rotatable bonds is 1. The lowest BCUT2D eigenvalue weighted by molar-refractivity contribution is 0.442. The maximum absolute atomic E-state index is 5.88. The molecular formula is C14H19ClN4. The van der Waals surface area contributed by atoms with Crippen molar-refractivity contribution >= 4 is 11.6 Å². The Bertz CT molecular complexity index is 478. The summed E-state index contributed by atoms with van der Waals surface area (Å²) in [4.78, 5) is 3.98. The summed E-state index contributed by atoms with van der Waals surface area (Å²) in [6, 6.07) is 8.36. The van der Waals surface area contributed by atoms with Crippen molar-refractivity contribution in [2.45, 2.75) is 13.0 Å². The molecule has 1 aliphatic heterocycles. The van der Waals surface area contributed by atoms with Crippen LogP contribution in [-0.2, 0) is 0 Å². The molecule has 2 aromatic heterocycles. The molecule has 0 amide bonds. The maximum Gasteiger partial charge on any atom is 0.152 e. The van der Waals surface area contributed by atoms with E-state index >= 15 is 0 Å². The summed E-state index contributed by atoms with van der Waals surface area (Å²) in [5, 5.41) is 7.11. The van der Waals surface area contributed by atoms with Crippen molar-refractivity contribution in [1.29, 1.82) is 0 Å². The summed E-state index contributed by atoms with van der Waals surface area (Å²) in [7, 11) is 0. The minimum Gasteiger partial charge on any atom is -0.321 e. The molecule has 102 valence electrons. The van der Waals surface area contributed by atoms with Gasteiger partial charge in [-0.3, -0.25) is 0 Å². The molecule has 19 heavy (non-hydrogen) atoms. The van der Waals surface area contributed by atoms with Gasteiger partial charge in [-0.05, 0) is 31.2 Å². The number of hydrogen-bond donors (Lipinski definition) is 2. The Labute approximate surface area is 118 Å². The molecule has 0 saturated carbocycles. The molecule has 1 saturated heterocycles. The van der Waals surface area contributed by atoms with E-state index in [1.807, 2.05) is 41.2 Å². The summed E-state index contributed by atoms with van der Waals surface area (Å²) in [5.41, 5.74) is 0.907. The highest BCUT2D eigenvalue weighted by atomic mass is 35.5. The van der Waals surface area contributed by atoms with Crippen LogP contribution in [-0.4, -0.2) is 35.2 Å². The Balaban J connectivity index is 0.000000163. The van der Waals surface area contributed by atoms with E-state index < -0.39 is 0 Å². The predicted octanol–water partition coefficient (Wildman–Crippen LogP) is 2.09. The third kappa shape index (κ3) is 4.35. The lowest BCUT2D eigenvalue weighted by Crippen LogP contribution is -2.46. The standard InChI is InChI=1S/C9H7ClN2.C5H12N2/c10-9-8(4-3-5-11-9)12-6-1-2-7-12;1-5-4-6-2-3-7-5/h1-7H;5-7H,2-4H2,1H3/t;5-/m.1/s1. The number of nitrogens with one attached hydrogen (secondary N) is 2. The molecule has 0 radical (unpaired) electrons. The van der Waals surface area contributed by atoms with E-state index in [-0.39, 0.29) is 0 Å². The molecule has 2 N–H and O–H groups in total. The van der Waals surface area contributed by atoms with Crippen LogP contribution in [0.25, 0.3) is 5.69 Å². The molecule has 1 atom stereocenters. The zero-order valence-electron chi connectivity index (χ0n) is 11.0. The third-order valence-corrected chi connectivity index (χ3v) is 3.16. The maximum atomic E-state index is 5.88. The van der Waals surface area contributed by atoms with E-state index in [9.17, 15) is 0 Å². The minimum absolute atomic E-state index is 0.522. The van der Waals surface area contributed by atoms with Gasteiger partial charge < -0.3 is 15.2 Å². The molecule has 5 heteroatoms. The molecule has 2 aromatic rings. The minimum atomic E-state index is 0.522. The van der Waals surface area contributed by atoms with Gasteiger partial charge >= 0.3 is 0 Å². The second-order valence-electron chi connectivity index (χ2n) is 4.46. The van der Waals surface area contributed by atoms with Gasteiger partial charge in [0.2, 0.25) is 0 Å². The van der Waals surface area contributed by atoms with Crippen LogP contribution in [0.3, 0.4) is 0 Å². The van der Waals surface area contributed by atoms with Gasteiger partial charge in [0, 0.05) is 44.3 Å². The second-order valence-corrected chi connectivity index (χ2v) is 4.82. The van der Waals surface area contributed by atoms with Crippen LogP contribution in [0.2, 0.25) is 5.15 Å². The molecule has 0 aliphatic carbocycles. The number of nitrogens with zero attached hydrogens (tertiary/aromatic N) is 2. The quantitative estimate of drug-likeness (QED) is 0.785. The average Bonchev–Trinajstić information content (AvgIpc) is 2.95. The van der Waals surface area contributed by atoms with E-state index in [2.05, 4.69) is 22.5 Å². The predicted molar refractivity (Wildman–Crippen MR) is 78.9 cm³/mol. The van der Waals surface area contributed by atoms with Gasteiger partial charge in [-0.1, -0.05) is 11.6 Å². The van der Waals surface area contributed by atoms with Crippen molar-refractivity contribution in [3.8, 4) is 5.69 Å². The van der Waals surface area contributed by atoms with Crippen LogP contribution in [0.15, 0.2) is 42.9 Å². The van der Waals surface area contributed by atoms with Gasteiger partial charge in [-0.15, -0.1) is 0 Å². The molecule has 1 aliphatic rings. The van der Waals surface area contributed by atoms with E-state index in [1.165, 1.54) is 0 Å². The molecule has 3 rings (SSSR count). The first kappa shape index (κ1) is 14.1. The fourth-order valence-electron chi connectivity index (χ4n) is 1.86. The smallest absolute Gasteiger partial charge is 0.152 e. The highest BCUT2D eigenvalue weighted by molar-refractivity contribution is 6.31. The molecule has 0 aromatic carbocycles. The first-order valence-corrected chi connectivity index (χ1v) is 6.83. The van der Waals surface area contributed by atoms with Crippen LogP contribution < -0.4 is 10.6 Å². The van der Waals surface area contributed by atoms with Crippen molar-refractivity contribution in [2.75, 3.05) is 19.6 Å². The Morgan fingerprint density at radius 3 is 2.58 bits per heavy atom. The van der Waals surface area contributed by atoms with Gasteiger partial charge in [-0.25, -0.2) is 4.98 Å². The van der Waals surface area contributed by atoms with Crippen molar-refractivity contribution in [1.82, 2.24) is 20.2 Å². The SMILES string of the molecule is C[C@@H]1CNCCN1.Clc1ncccc1-n1cccc1. The van der Waals surface area contributed by atoms with Crippen molar-refractivity contribution in [2.24, 2.45) is 0 Å². The lowest BCUT2D eigenvalue weighted by atomic mass is 10.3. The van der Waals surface area contributed by atoms with Crippen LogP contribution in [0, 0.1) is 0 Å². The molecule has 0 bridgehead atoms. The van der Waals surface area contributed by atoms with E-state index in [0.29, 0.717) is 11.2 Å². The molecule has 0 unspecified atom stereocenters. The highest BCUT2D eigenvalue weighted by Gasteiger charge is 2.03. The van der Waals surface area contributed by atoms with E-state index in [4.69, 9.17) is 11.6 Å². The highest BCUT2D eigenvalue weighted by Crippen LogP contribution is 2.16. The van der Waals surface area contributed by atoms with Gasteiger partial charge in [0.25, 0.3) is 0 Å².